The number of aryl methyl sites for hydroxylation is 1. The molecule has 6 heteroatoms. The van der Waals surface area contributed by atoms with Crippen LogP contribution in [0.3, 0.4) is 0 Å². The molecule has 0 saturated heterocycles. The molecule has 0 bridgehead atoms. The van der Waals surface area contributed by atoms with E-state index in [9.17, 15) is 9.59 Å². The minimum atomic E-state index is -0.261. The number of anilines is 1. The fourth-order valence-corrected chi connectivity index (χ4v) is 3.80. The van der Waals surface area contributed by atoms with Gasteiger partial charge in [0.15, 0.2) is 0 Å². The molecular formula is C16H13N3O2S. The Balaban J connectivity index is 2.07. The summed E-state index contributed by atoms with van der Waals surface area (Å²) in [6.45, 7) is 1.90. The average molecular weight is 311 g/mol. The van der Waals surface area contributed by atoms with Crippen LogP contribution in [-0.2, 0) is 4.79 Å². The zero-order valence-corrected chi connectivity index (χ0v) is 12.7. The Kier molecular flexibility index (Phi) is 2.87. The quantitative estimate of drug-likeness (QED) is 0.751. The summed E-state index contributed by atoms with van der Waals surface area (Å²) in [5.74, 6) is 0.251. The van der Waals surface area contributed by atoms with Crippen LogP contribution in [0.15, 0.2) is 40.6 Å². The first-order valence-corrected chi connectivity index (χ1v) is 7.88. The summed E-state index contributed by atoms with van der Waals surface area (Å²) in [6, 6.07) is 7.68. The van der Waals surface area contributed by atoms with Crippen molar-refractivity contribution in [3.05, 3.63) is 62.2 Å². The smallest absolute Gasteiger partial charge is 0.279 e. The van der Waals surface area contributed by atoms with Gasteiger partial charge in [0.2, 0.25) is 5.91 Å². The number of pyridine rings is 1. The van der Waals surface area contributed by atoms with Gasteiger partial charge >= 0.3 is 0 Å². The van der Waals surface area contributed by atoms with Crippen LogP contribution in [0.4, 0.5) is 5.82 Å². The first-order chi connectivity index (χ1) is 10.6. The van der Waals surface area contributed by atoms with Crippen molar-refractivity contribution in [3.63, 3.8) is 0 Å². The van der Waals surface area contributed by atoms with Gasteiger partial charge < -0.3 is 5.32 Å². The van der Waals surface area contributed by atoms with Gasteiger partial charge in [-0.2, -0.15) is 4.98 Å². The minimum absolute atomic E-state index is 0.0770. The van der Waals surface area contributed by atoms with Crippen molar-refractivity contribution in [3.8, 4) is 0 Å². The molecule has 5 nitrogen and oxygen atoms in total. The second kappa shape index (κ2) is 4.78. The van der Waals surface area contributed by atoms with Crippen molar-refractivity contribution >= 4 is 28.7 Å². The van der Waals surface area contributed by atoms with E-state index in [2.05, 4.69) is 10.3 Å². The Morgan fingerprint density at radius 1 is 1.32 bits per heavy atom. The van der Waals surface area contributed by atoms with Crippen LogP contribution >= 0.6 is 11.3 Å². The van der Waals surface area contributed by atoms with Crippen LogP contribution < -0.4 is 10.9 Å². The Bertz CT molecular complexity index is 944. The number of nitrogens with zero attached hydrogens (tertiary/aromatic N) is 2. The van der Waals surface area contributed by atoms with Gasteiger partial charge in [-0.05, 0) is 30.0 Å². The molecule has 0 aromatic carbocycles. The molecule has 0 saturated carbocycles. The van der Waals surface area contributed by atoms with E-state index in [0.29, 0.717) is 17.0 Å². The summed E-state index contributed by atoms with van der Waals surface area (Å²) in [5.41, 5.74) is 1.79. The van der Waals surface area contributed by atoms with Crippen molar-refractivity contribution in [1.29, 1.82) is 0 Å². The van der Waals surface area contributed by atoms with E-state index < -0.39 is 0 Å². The van der Waals surface area contributed by atoms with E-state index in [4.69, 9.17) is 0 Å². The van der Waals surface area contributed by atoms with Crippen molar-refractivity contribution in [2.24, 2.45) is 0 Å². The highest BCUT2D eigenvalue weighted by Gasteiger charge is 2.32. The van der Waals surface area contributed by atoms with E-state index in [0.717, 1.165) is 10.4 Å². The molecule has 0 aliphatic carbocycles. The third kappa shape index (κ3) is 1.88. The lowest BCUT2D eigenvalue weighted by Gasteiger charge is -2.25. The zero-order valence-electron chi connectivity index (χ0n) is 11.9. The standard InChI is InChI=1S/C16H13N3O2S/c1-9-4-2-6-19-14(9)18-16(21)13-10(11-5-3-7-22-11)8-12(20)17-15(13)19/h2-7,10H,8H2,1H3,(H,17,20)/t10-/m1/s1. The predicted molar refractivity (Wildman–Crippen MR) is 85.6 cm³/mol. The van der Waals surface area contributed by atoms with Gasteiger partial charge in [0.05, 0.1) is 5.56 Å². The van der Waals surface area contributed by atoms with Gasteiger partial charge in [0.1, 0.15) is 11.5 Å². The third-order valence-corrected chi connectivity index (χ3v) is 4.96. The second-order valence-corrected chi connectivity index (χ2v) is 6.36. The first kappa shape index (κ1) is 13.2. The lowest BCUT2D eigenvalue weighted by atomic mass is 9.92. The first-order valence-electron chi connectivity index (χ1n) is 7.00. The predicted octanol–water partition coefficient (Wildman–Crippen LogP) is 2.54. The number of aromatic nitrogens is 2. The number of carbonyl (C=O) groups is 1. The molecule has 4 heterocycles. The number of carbonyl (C=O) groups excluding carboxylic acids is 1. The number of nitrogens with one attached hydrogen (secondary N) is 1. The van der Waals surface area contributed by atoms with Crippen LogP contribution in [0, 0.1) is 6.92 Å². The molecule has 3 aromatic rings. The maximum absolute atomic E-state index is 12.6. The molecule has 1 atom stereocenters. The van der Waals surface area contributed by atoms with E-state index in [1.807, 2.05) is 42.8 Å². The van der Waals surface area contributed by atoms with Crippen molar-refractivity contribution in [2.45, 2.75) is 19.3 Å². The van der Waals surface area contributed by atoms with E-state index >= 15 is 0 Å². The molecule has 1 N–H and O–H groups in total. The normalized spacial score (nSPS) is 17.3. The summed E-state index contributed by atoms with van der Waals surface area (Å²) >= 11 is 1.56. The fraction of sp³-hybridized carbons (Fsp3) is 0.188. The Morgan fingerprint density at radius 2 is 2.18 bits per heavy atom. The Labute approximate surface area is 130 Å². The Hall–Kier alpha value is -2.47. The van der Waals surface area contributed by atoms with Gasteiger partial charge in [-0.15, -0.1) is 11.3 Å². The van der Waals surface area contributed by atoms with Crippen molar-refractivity contribution in [1.82, 2.24) is 9.38 Å². The van der Waals surface area contributed by atoms with Crippen molar-refractivity contribution < 1.29 is 4.79 Å². The van der Waals surface area contributed by atoms with E-state index in [-0.39, 0.29) is 23.8 Å². The zero-order chi connectivity index (χ0) is 15.3. The molecule has 4 rings (SSSR count). The summed E-state index contributed by atoms with van der Waals surface area (Å²) in [5, 5.41) is 4.81. The average Bonchev–Trinajstić information content (AvgIpc) is 3.02. The molecule has 1 aliphatic rings. The molecule has 0 spiro atoms. The van der Waals surface area contributed by atoms with Gasteiger partial charge in [0, 0.05) is 23.4 Å². The van der Waals surface area contributed by atoms with Gasteiger partial charge in [0.25, 0.3) is 5.56 Å². The maximum Gasteiger partial charge on any atom is 0.279 e. The second-order valence-electron chi connectivity index (χ2n) is 5.38. The van der Waals surface area contributed by atoms with Crippen LogP contribution in [0.25, 0.3) is 5.65 Å². The van der Waals surface area contributed by atoms with Gasteiger partial charge in [-0.25, -0.2) is 0 Å². The van der Waals surface area contributed by atoms with Crippen LogP contribution in [0.2, 0.25) is 0 Å². The highest BCUT2D eigenvalue weighted by molar-refractivity contribution is 7.10. The molecule has 3 aromatic heterocycles. The SMILES string of the molecule is Cc1cccn2c3c(c(=O)nc12)[C@@H](c1cccs1)CC(=O)N3. The van der Waals surface area contributed by atoms with Crippen molar-refractivity contribution in [2.75, 3.05) is 5.32 Å². The highest BCUT2D eigenvalue weighted by atomic mass is 32.1. The molecule has 110 valence electrons. The van der Waals surface area contributed by atoms with Crippen LogP contribution in [0.1, 0.15) is 28.3 Å². The number of hydrogen-bond acceptors (Lipinski definition) is 4. The third-order valence-electron chi connectivity index (χ3n) is 3.98. The number of thiophene rings is 1. The van der Waals surface area contributed by atoms with Gasteiger partial charge in [-0.1, -0.05) is 12.1 Å². The molecule has 0 fully saturated rings. The summed E-state index contributed by atoms with van der Waals surface area (Å²) < 4.78 is 1.80. The molecular weight excluding hydrogens is 298 g/mol. The highest BCUT2D eigenvalue weighted by Crippen LogP contribution is 2.36. The topological polar surface area (TPSA) is 63.5 Å². The van der Waals surface area contributed by atoms with Gasteiger partial charge in [-0.3, -0.25) is 14.0 Å². The number of hydrogen-bond donors (Lipinski definition) is 1. The molecule has 22 heavy (non-hydrogen) atoms. The van der Waals surface area contributed by atoms with Crippen LogP contribution in [0.5, 0.6) is 0 Å². The number of rotatable bonds is 1. The summed E-state index contributed by atoms with van der Waals surface area (Å²) in [6.07, 6.45) is 2.10. The Morgan fingerprint density at radius 3 is 2.95 bits per heavy atom. The molecule has 0 unspecified atom stereocenters. The monoisotopic (exact) mass is 311 g/mol. The summed E-state index contributed by atoms with van der Waals surface area (Å²) in [4.78, 5) is 30.0. The number of amides is 1. The van der Waals surface area contributed by atoms with E-state index in [1.165, 1.54) is 0 Å². The van der Waals surface area contributed by atoms with Crippen LogP contribution in [-0.4, -0.2) is 15.3 Å². The maximum atomic E-state index is 12.6. The lowest BCUT2D eigenvalue weighted by molar-refractivity contribution is -0.116. The molecule has 1 aliphatic heterocycles. The number of fused-ring (bicyclic) bond motifs is 3. The molecule has 1 amide bonds. The summed E-state index contributed by atoms with van der Waals surface area (Å²) in [7, 11) is 0. The largest absolute Gasteiger partial charge is 0.311 e. The van der Waals surface area contributed by atoms with E-state index in [1.54, 1.807) is 15.7 Å². The minimum Gasteiger partial charge on any atom is -0.311 e. The lowest BCUT2D eigenvalue weighted by Crippen LogP contribution is -2.32. The fourth-order valence-electron chi connectivity index (χ4n) is 2.96. The molecule has 0 radical (unpaired) electrons.